The van der Waals surface area contributed by atoms with E-state index in [0.717, 1.165) is 0 Å². The maximum atomic E-state index is 12.5. The van der Waals surface area contributed by atoms with Gasteiger partial charge in [0.15, 0.2) is 0 Å². The molecule has 8 heteroatoms. The van der Waals surface area contributed by atoms with Crippen LogP contribution >= 0.6 is 11.6 Å². The average Bonchev–Trinajstić information content (AvgIpc) is 3.04. The summed E-state index contributed by atoms with van der Waals surface area (Å²) in [5, 5.41) is 3.00. The molecule has 1 heterocycles. The lowest BCUT2D eigenvalue weighted by atomic mass is 10.0. The molecule has 0 fully saturated rings. The molecule has 1 aromatic heterocycles. The number of carbonyl (C=O) groups excluding carboxylic acids is 1. The predicted molar refractivity (Wildman–Crippen MR) is 95.6 cm³/mol. The van der Waals surface area contributed by atoms with Crippen molar-refractivity contribution in [3.05, 3.63) is 53.4 Å². The summed E-state index contributed by atoms with van der Waals surface area (Å²) in [5.74, 6) is 0.312. The molecule has 0 aliphatic rings. The van der Waals surface area contributed by atoms with Gasteiger partial charge < -0.3 is 9.73 Å². The molecular weight excluding hydrogens is 364 g/mol. The molecule has 6 nitrogen and oxygen atoms in total. The van der Waals surface area contributed by atoms with Crippen LogP contribution in [0, 0.1) is 5.92 Å². The fourth-order valence-corrected chi connectivity index (χ4v) is 3.79. The van der Waals surface area contributed by atoms with Crippen molar-refractivity contribution < 1.29 is 17.6 Å². The highest BCUT2D eigenvalue weighted by molar-refractivity contribution is 7.89. The van der Waals surface area contributed by atoms with Gasteiger partial charge in [-0.1, -0.05) is 31.5 Å². The van der Waals surface area contributed by atoms with Gasteiger partial charge in [-0.3, -0.25) is 4.79 Å². The molecule has 0 spiro atoms. The first-order valence-corrected chi connectivity index (χ1v) is 9.72. The molecule has 1 amide bonds. The standard InChI is InChI=1S/C17H21ClN2O4S/c1-12(2)9-16(17(21)19-11-14-6-4-8-24-14)20-25(22,23)15-7-3-5-13(18)10-15/h3-8,10,12,16,20H,9,11H2,1-2H3,(H,19,21)/t16-/m1/s1. The lowest BCUT2D eigenvalue weighted by molar-refractivity contribution is -0.123. The van der Waals surface area contributed by atoms with Crippen molar-refractivity contribution in [2.24, 2.45) is 5.92 Å². The smallest absolute Gasteiger partial charge is 0.241 e. The molecule has 0 radical (unpaired) electrons. The zero-order chi connectivity index (χ0) is 18.4. The minimum atomic E-state index is -3.86. The Morgan fingerprint density at radius 2 is 2.00 bits per heavy atom. The first-order valence-electron chi connectivity index (χ1n) is 7.86. The molecule has 0 saturated heterocycles. The van der Waals surface area contributed by atoms with Gasteiger partial charge in [0.2, 0.25) is 15.9 Å². The van der Waals surface area contributed by atoms with Gasteiger partial charge in [-0.2, -0.15) is 4.72 Å². The fourth-order valence-electron chi connectivity index (χ4n) is 2.28. The largest absolute Gasteiger partial charge is 0.467 e. The number of carbonyl (C=O) groups is 1. The number of hydrogen-bond donors (Lipinski definition) is 2. The van der Waals surface area contributed by atoms with E-state index in [1.165, 1.54) is 18.4 Å². The average molecular weight is 385 g/mol. The summed E-state index contributed by atoms with van der Waals surface area (Å²) in [6.45, 7) is 4.03. The zero-order valence-corrected chi connectivity index (χ0v) is 15.6. The van der Waals surface area contributed by atoms with Crippen LogP contribution < -0.4 is 10.0 Å². The molecule has 25 heavy (non-hydrogen) atoms. The van der Waals surface area contributed by atoms with Gasteiger partial charge in [0.25, 0.3) is 0 Å². The van der Waals surface area contributed by atoms with E-state index in [-0.39, 0.29) is 17.4 Å². The SMILES string of the molecule is CC(C)C[C@@H](NS(=O)(=O)c1cccc(Cl)c1)C(=O)NCc1ccco1. The third-order valence-electron chi connectivity index (χ3n) is 3.44. The van der Waals surface area contributed by atoms with Crippen LogP contribution in [-0.4, -0.2) is 20.4 Å². The van der Waals surface area contributed by atoms with Gasteiger partial charge in [-0.15, -0.1) is 0 Å². The molecule has 1 aromatic carbocycles. The molecule has 136 valence electrons. The quantitative estimate of drug-likeness (QED) is 0.732. The highest BCUT2D eigenvalue weighted by atomic mass is 35.5. The topological polar surface area (TPSA) is 88.4 Å². The van der Waals surface area contributed by atoms with Crippen molar-refractivity contribution in [3.8, 4) is 0 Å². The normalized spacial score (nSPS) is 13.0. The Balaban J connectivity index is 2.11. The molecule has 0 aliphatic heterocycles. The molecule has 2 aromatic rings. The minimum absolute atomic E-state index is 0.0209. The van der Waals surface area contributed by atoms with E-state index in [9.17, 15) is 13.2 Å². The summed E-state index contributed by atoms with van der Waals surface area (Å²) in [6.07, 6.45) is 1.87. The Kier molecular flexibility index (Phi) is 6.64. The Bertz CT molecular complexity index is 804. The Labute approximate surface area is 152 Å². The summed E-state index contributed by atoms with van der Waals surface area (Å²) in [7, 11) is -3.86. The number of halogens is 1. The second-order valence-electron chi connectivity index (χ2n) is 6.06. The van der Waals surface area contributed by atoms with Crippen LogP contribution in [0.25, 0.3) is 0 Å². The zero-order valence-electron chi connectivity index (χ0n) is 14.0. The Morgan fingerprint density at radius 3 is 2.60 bits per heavy atom. The van der Waals surface area contributed by atoms with Gasteiger partial charge in [-0.05, 0) is 42.7 Å². The van der Waals surface area contributed by atoms with Crippen molar-refractivity contribution in [1.29, 1.82) is 0 Å². The molecule has 2 rings (SSSR count). The molecule has 0 bridgehead atoms. The highest BCUT2D eigenvalue weighted by Gasteiger charge is 2.26. The van der Waals surface area contributed by atoms with E-state index in [4.69, 9.17) is 16.0 Å². The number of benzene rings is 1. The third-order valence-corrected chi connectivity index (χ3v) is 5.15. The summed E-state index contributed by atoms with van der Waals surface area (Å²) in [4.78, 5) is 12.5. The highest BCUT2D eigenvalue weighted by Crippen LogP contribution is 2.17. The van der Waals surface area contributed by atoms with Gasteiger partial charge in [0, 0.05) is 5.02 Å². The molecule has 0 saturated carbocycles. The summed E-state index contributed by atoms with van der Waals surface area (Å²) in [5.41, 5.74) is 0. The minimum Gasteiger partial charge on any atom is -0.467 e. The second kappa shape index (κ2) is 8.51. The van der Waals surface area contributed by atoms with E-state index in [0.29, 0.717) is 17.2 Å². The van der Waals surface area contributed by atoms with Gasteiger partial charge >= 0.3 is 0 Å². The van der Waals surface area contributed by atoms with Crippen molar-refractivity contribution >= 4 is 27.5 Å². The van der Waals surface area contributed by atoms with Crippen molar-refractivity contribution in [3.63, 3.8) is 0 Å². The summed E-state index contributed by atoms with van der Waals surface area (Å²) in [6, 6.07) is 8.47. The number of rotatable bonds is 8. The van der Waals surface area contributed by atoms with E-state index in [1.54, 1.807) is 24.3 Å². The van der Waals surface area contributed by atoms with Crippen molar-refractivity contribution in [1.82, 2.24) is 10.0 Å². The van der Waals surface area contributed by atoms with Crippen LogP contribution in [0.15, 0.2) is 52.0 Å². The summed E-state index contributed by atoms with van der Waals surface area (Å²) < 4.78 is 32.7. The van der Waals surface area contributed by atoms with Crippen LogP contribution in [0.5, 0.6) is 0 Å². The number of hydrogen-bond acceptors (Lipinski definition) is 4. The van der Waals surface area contributed by atoms with Gasteiger partial charge in [-0.25, -0.2) is 8.42 Å². The molecule has 2 N–H and O–H groups in total. The van der Waals surface area contributed by atoms with Crippen molar-refractivity contribution in [2.75, 3.05) is 0 Å². The third kappa shape index (κ3) is 5.88. The van der Waals surface area contributed by atoms with Crippen LogP contribution in [0.1, 0.15) is 26.0 Å². The van der Waals surface area contributed by atoms with Crippen LogP contribution in [0.4, 0.5) is 0 Å². The van der Waals surface area contributed by atoms with Gasteiger partial charge in [0.05, 0.1) is 17.7 Å². The van der Waals surface area contributed by atoms with Crippen LogP contribution in [-0.2, 0) is 21.4 Å². The van der Waals surface area contributed by atoms with E-state index in [1.807, 2.05) is 13.8 Å². The van der Waals surface area contributed by atoms with E-state index < -0.39 is 22.0 Å². The Hall–Kier alpha value is -1.83. The van der Waals surface area contributed by atoms with E-state index in [2.05, 4.69) is 10.0 Å². The van der Waals surface area contributed by atoms with Crippen molar-refractivity contribution in [2.45, 2.75) is 37.8 Å². The lowest BCUT2D eigenvalue weighted by Gasteiger charge is -2.20. The lowest BCUT2D eigenvalue weighted by Crippen LogP contribution is -2.47. The number of furan rings is 1. The maximum Gasteiger partial charge on any atom is 0.241 e. The Morgan fingerprint density at radius 1 is 1.24 bits per heavy atom. The van der Waals surface area contributed by atoms with Crippen LogP contribution in [0.2, 0.25) is 5.02 Å². The molecule has 0 unspecified atom stereocenters. The molecule has 1 atom stereocenters. The summed E-state index contributed by atoms with van der Waals surface area (Å²) >= 11 is 5.86. The fraction of sp³-hybridized carbons (Fsp3) is 0.353. The molecular formula is C17H21ClN2O4S. The number of nitrogens with one attached hydrogen (secondary N) is 2. The molecule has 0 aliphatic carbocycles. The van der Waals surface area contributed by atoms with E-state index >= 15 is 0 Å². The first-order chi connectivity index (χ1) is 11.8. The predicted octanol–water partition coefficient (Wildman–Crippen LogP) is 2.94. The monoisotopic (exact) mass is 384 g/mol. The second-order valence-corrected chi connectivity index (χ2v) is 8.21. The van der Waals surface area contributed by atoms with Gasteiger partial charge in [0.1, 0.15) is 11.8 Å². The van der Waals surface area contributed by atoms with Crippen LogP contribution in [0.3, 0.4) is 0 Å². The maximum absolute atomic E-state index is 12.5. The number of sulfonamides is 1. The number of amides is 1. The first kappa shape index (κ1) is 19.5.